The third-order valence-corrected chi connectivity index (χ3v) is 4.81. The third kappa shape index (κ3) is 1.30. The van der Waals surface area contributed by atoms with Crippen molar-refractivity contribution < 1.29 is 14.3 Å². The van der Waals surface area contributed by atoms with Crippen molar-refractivity contribution in [3.8, 4) is 0 Å². The van der Waals surface area contributed by atoms with Crippen LogP contribution in [0.4, 0.5) is 0 Å². The zero-order valence-corrected chi connectivity index (χ0v) is 11.0. The number of carbonyl (C=O) groups excluding carboxylic acids is 2. The molecule has 4 rings (SSSR count). The van der Waals surface area contributed by atoms with Crippen LogP contribution < -0.4 is 0 Å². The Morgan fingerprint density at radius 1 is 1.45 bits per heavy atom. The number of allylic oxidation sites excluding steroid dienone is 1. The summed E-state index contributed by atoms with van der Waals surface area (Å²) in [6.07, 6.45) is 5.64. The fraction of sp³-hybridized carbons (Fsp3) is 0.294. The highest BCUT2D eigenvalue weighted by Crippen LogP contribution is 2.63. The van der Waals surface area contributed by atoms with E-state index in [4.69, 9.17) is 4.74 Å². The van der Waals surface area contributed by atoms with Crippen molar-refractivity contribution in [2.24, 2.45) is 5.92 Å². The summed E-state index contributed by atoms with van der Waals surface area (Å²) in [5, 5.41) is 0. The van der Waals surface area contributed by atoms with Crippen LogP contribution in [0.25, 0.3) is 5.76 Å². The number of esters is 1. The molecule has 1 spiro atoms. The molecule has 0 aliphatic heterocycles. The summed E-state index contributed by atoms with van der Waals surface area (Å²) in [6, 6.07) is 5.99. The van der Waals surface area contributed by atoms with Crippen molar-refractivity contribution >= 4 is 17.5 Å². The van der Waals surface area contributed by atoms with Gasteiger partial charge in [0.1, 0.15) is 5.76 Å². The summed E-state index contributed by atoms with van der Waals surface area (Å²) in [5.74, 6) is 0.404. The van der Waals surface area contributed by atoms with E-state index in [2.05, 4.69) is 12.6 Å². The van der Waals surface area contributed by atoms with Crippen molar-refractivity contribution in [2.45, 2.75) is 24.7 Å². The molecule has 2 atom stereocenters. The van der Waals surface area contributed by atoms with Gasteiger partial charge in [0, 0.05) is 17.7 Å². The molecule has 0 amide bonds. The summed E-state index contributed by atoms with van der Waals surface area (Å²) < 4.78 is 5.26. The Kier molecular flexibility index (Phi) is 2.15. The molecule has 0 N–H and O–H groups in total. The van der Waals surface area contributed by atoms with E-state index in [1.165, 1.54) is 11.6 Å². The van der Waals surface area contributed by atoms with Crippen LogP contribution in [0.5, 0.6) is 0 Å². The number of ketones is 1. The molecule has 0 radical (unpaired) electrons. The van der Waals surface area contributed by atoms with Gasteiger partial charge in [0.05, 0.1) is 5.41 Å². The fourth-order valence-corrected chi connectivity index (χ4v) is 3.84. The molecule has 20 heavy (non-hydrogen) atoms. The highest BCUT2D eigenvalue weighted by Gasteiger charge is 2.64. The van der Waals surface area contributed by atoms with Crippen molar-refractivity contribution in [1.82, 2.24) is 0 Å². The number of hydrogen-bond acceptors (Lipinski definition) is 3. The van der Waals surface area contributed by atoms with E-state index >= 15 is 0 Å². The third-order valence-electron chi connectivity index (χ3n) is 4.81. The van der Waals surface area contributed by atoms with Crippen LogP contribution >= 0.6 is 0 Å². The van der Waals surface area contributed by atoms with E-state index < -0.39 is 5.97 Å². The van der Waals surface area contributed by atoms with Crippen molar-refractivity contribution in [3.63, 3.8) is 0 Å². The van der Waals surface area contributed by atoms with Crippen LogP contribution in [0.1, 0.15) is 29.5 Å². The quantitative estimate of drug-likeness (QED) is 0.610. The molecule has 100 valence electrons. The lowest BCUT2D eigenvalue weighted by molar-refractivity contribution is -0.131. The molecule has 3 nitrogen and oxygen atoms in total. The van der Waals surface area contributed by atoms with Gasteiger partial charge in [-0.15, -0.1) is 0 Å². The summed E-state index contributed by atoms with van der Waals surface area (Å²) in [7, 11) is 0. The van der Waals surface area contributed by atoms with Gasteiger partial charge in [-0.1, -0.05) is 24.8 Å². The Bertz CT molecular complexity index is 698. The predicted molar refractivity (Wildman–Crippen MR) is 73.8 cm³/mol. The van der Waals surface area contributed by atoms with Crippen molar-refractivity contribution in [2.75, 3.05) is 0 Å². The van der Waals surface area contributed by atoms with Gasteiger partial charge in [0.25, 0.3) is 0 Å². The number of carbonyl (C=O) groups is 2. The molecular formula is C17H14O3. The van der Waals surface area contributed by atoms with Gasteiger partial charge in [-0.05, 0) is 36.3 Å². The molecule has 0 aromatic heterocycles. The number of benzene rings is 1. The van der Waals surface area contributed by atoms with E-state index in [1.807, 2.05) is 12.1 Å². The first-order chi connectivity index (χ1) is 9.66. The zero-order valence-electron chi connectivity index (χ0n) is 11.0. The molecule has 3 aliphatic carbocycles. The first-order valence-corrected chi connectivity index (χ1v) is 6.90. The summed E-state index contributed by atoms with van der Waals surface area (Å²) in [5.41, 5.74) is 2.92. The lowest BCUT2D eigenvalue weighted by atomic mass is 9.73. The average Bonchev–Trinajstić information content (AvgIpc) is 3.20. The fourth-order valence-electron chi connectivity index (χ4n) is 3.84. The minimum absolute atomic E-state index is 0.0917. The number of hydrogen-bond donors (Lipinski definition) is 0. The number of ether oxygens (including phenoxy) is 1. The van der Waals surface area contributed by atoms with Crippen molar-refractivity contribution in [1.29, 1.82) is 0 Å². The number of rotatable bonds is 2. The van der Waals surface area contributed by atoms with E-state index in [-0.39, 0.29) is 11.2 Å². The molecular weight excluding hydrogens is 252 g/mol. The van der Waals surface area contributed by atoms with Crippen LogP contribution in [0.15, 0.2) is 36.9 Å². The van der Waals surface area contributed by atoms with Gasteiger partial charge in [-0.3, -0.25) is 4.79 Å². The average molecular weight is 266 g/mol. The summed E-state index contributed by atoms with van der Waals surface area (Å²) in [4.78, 5) is 24.0. The van der Waals surface area contributed by atoms with Gasteiger partial charge in [-0.25, -0.2) is 4.79 Å². The van der Waals surface area contributed by atoms with E-state index in [9.17, 15) is 9.59 Å². The van der Waals surface area contributed by atoms with Crippen LogP contribution in [0.3, 0.4) is 0 Å². The second kappa shape index (κ2) is 3.69. The van der Waals surface area contributed by atoms with Gasteiger partial charge >= 0.3 is 5.97 Å². The Labute approximate surface area is 116 Å². The molecule has 0 bridgehead atoms. The topological polar surface area (TPSA) is 43.4 Å². The molecule has 3 aliphatic rings. The van der Waals surface area contributed by atoms with Crippen LogP contribution in [0, 0.1) is 5.92 Å². The summed E-state index contributed by atoms with van der Waals surface area (Å²) >= 11 is 0. The highest BCUT2D eigenvalue weighted by molar-refractivity contribution is 6.10. The largest absolute Gasteiger partial charge is 0.423 e. The molecule has 0 heterocycles. The molecule has 1 aromatic rings. The number of aryl methyl sites for hydroxylation is 1. The van der Waals surface area contributed by atoms with Gasteiger partial charge in [-0.2, -0.15) is 0 Å². The molecule has 1 saturated carbocycles. The van der Waals surface area contributed by atoms with Crippen LogP contribution in [-0.4, -0.2) is 11.8 Å². The van der Waals surface area contributed by atoms with Gasteiger partial charge in [0.15, 0.2) is 5.78 Å². The minimum atomic E-state index is -0.527. The Balaban J connectivity index is 1.90. The SMILES string of the molecule is C=CC(=O)OC1=CC(=O)C23CC2CCc2cccc1c23. The lowest BCUT2D eigenvalue weighted by Gasteiger charge is -2.30. The van der Waals surface area contributed by atoms with Gasteiger partial charge in [0.2, 0.25) is 0 Å². The minimum Gasteiger partial charge on any atom is -0.423 e. The second-order valence-corrected chi connectivity index (χ2v) is 5.75. The Morgan fingerprint density at radius 2 is 2.30 bits per heavy atom. The first-order valence-electron chi connectivity index (χ1n) is 6.90. The molecule has 3 heteroatoms. The maximum Gasteiger partial charge on any atom is 0.335 e. The van der Waals surface area contributed by atoms with Gasteiger partial charge < -0.3 is 4.74 Å². The predicted octanol–water partition coefficient (Wildman–Crippen LogP) is 2.54. The first kappa shape index (κ1) is 11.6. The maximum absolute atomic E-state index is 12.5. The Morgan fingerprint density at radius 3 is 3.10 bits per heavy atom. The van der Waals surface area contributed by atoms with Crippen LogP contribution in [0.2, 0.25) is 0 Å². The smallest absolute Gasteiger partial charge is 0.335 e. The van der Waals surface area contributed by atoms with E-state index in [0.717, 1.165) is 36.5 Å². The monoisotopic (exact) mass is 266 g/mol. The lowest BCUT2D eigenvalue weighted by Crippen LogP contribution is -2.31. The highest BCUT2D eigenvalue weighted by atomic mass is 16.5. The van der Waals surface area contributed by atoms with E-state index in [1.54, 1.807) is 0 Å². The van der Waals surface area contributed by atoms with Crippen LogP contribution in [-0.2, 0) is 26.2 Å². The normalized spacial score (nSPS) is 28.9. The summed E-state index contributed by atoms with van der Waals surface area (Å²) in [6.45, 7) is 3.40. The maximum atomic E-state index is 12.5. The molecule has 1 fully saturated rings. The second-order valence-electron chi connectivity index (χ2n) is 5.75. The Hall–Kier alpha value is -2.16. The zero-order chi connectivity index (χ0) is 13.9. The standard InChI is InChI=1S/C17H14O3/c1-2-15(19)20-13-8-14(18)17-9-11(17)7-6-10-4-3-5-12(13)16(10)17/h2-5,8,11H,1,6-7,9H2. The van der Waals surface area contributed by atoms with E-state index in [0.29, 0.717) is 11.7 Å². The molecule has 1 aromatic carbocycles. The van der Waals surface area contributed by atoms with Crippen molar-refractivity contribution in [3.05, 3.63) is 53.6 Å². The molecule has 0 saturated heterocycles. The molecule has 2 unspecified atom stereocenters.